The van der Waals surface area contributed by atoms with E-state index in [2.05, 4.69) is 10.2 Å². The van der Waals surface area contributed by atoms with Gasteiger partial charge in [-0.3, -0.25) is 9.59 Å². The SMILES string of the molecule is [C-]#[N+][C@H]1[C@H](c2cccc(Cl)c2)CN(C(=O)[C@@H]2CC[C@@H]3CCC[C@H](NC(=O)OC(C)(C)C)C(=O)N32)C12CC2. The maximum Gasteiger partial charge on any atom is 0.408 e. The van der Waals surface area contributed by atoms with Gasteiger partial charge in [0.1, 0.15) is 23.2 Å². The molecule has 37 heavy (non-hydrogen) atoms. The molecular weight excluding hydrogens is 492 g/mol. The number of nitrogens with zero attached hydrogens (tertiary/aromatic N) is 3. The molecule has 1 aromatic rings. The molecule has 3 aliphatic heterocycles. The van der Waals surface area contributed by atoms with Crippen LogP contribution >= 0.6 is 11.6 Å². The lowest BCUT2D eigenvalue weighted by molar-refractivity contribution is -0.147. The number of nitrogens with one attached hydrogen (secondary N) is 1. The van der Waals surface area contributed by atoms with Gasteiger partial charge in [-0.25, -0.2) is 11.4 Å². The zero-order valence-corrected chi connectivity index (χ0v) is 22.5. The van der Waals surface area contributed by atoms with Crippen LogP contribution in [-0.4, -0.2) is 69.6 Å². The van der Waals surface area contributed by atoms with Crippen molar-refractivity contribution >= 4 is 29.5 Å². The predicted molar refractivity (Wildman–Crippen MR) is 139 cm³/mol. The van der Waals surface area contributed by atoms with Crippen molar-refractivity contribution in [3.8, 4) is 0 Å². The molecule has 8 nitrogen and oxygen atoms in total. The minimum Gasteiger partial charge on any atom is -0.444 e. The van der Waals surface area contributed by atoms with Crippen molar-refractivity contribution in [2.75, 3.05) is 6.54 Å². The molecule has 1 saturated carbocycles. The van der Waals surface area contributed by atoms with E-state index in [1.54, 1.807) is 25.7 Å². The number of hydrogen-bond acceptors (Lipinski definition) is 4. The molecular formula is C28H35ClN4O4. The number of carbonyl (C=O) groups is 3. The molecule has 1 aromatic carbocycles. The lowest BCUT2D eigenvalue weighted by Crippen LogP contribution is -2.56. The van der Waals surface area contributed by atoms with Gasteiger partial charge in [-0.1, -0.05) is 23.7 Å². The third kappa shape index (κ3) is 4.79. The van der Waals surface area contributed by atoms with Crippen LogP contribution in [-0.2, 0) is 14.3 Å². The maximum absolute atomic E-state index is 14.1. The summed E-state index contributed by atoms with van der Waals surface area (Å²) in [6, 6.07) is 5.96. The summed E-state index contributed by atoms with van der Waals surface area (Å²) in [6.45, 7) is 13.8. The van der Waals surface area contributed by atoms with E-state index in [4.69, 9.17) is 22.9 Å². The monoisotopic (exact) mass is 526 g/mol. The standard InChI is InChI=1S/C28H35ClN4O4/c1-27(2,3)37-26(36)31-21-10-6-9-19-11-12-22(33(19)24(21)34)25(35)32-16-20(17-7-5-8-18(29)15-17)23(30-4)28(32)13-14-28/h5,7-8,15,19-23H,6,9-14,16H2,1-3H3,(H,31,36)/t19-,20-,21-,22-,23-/m0/s1. The molecule has 3 heterocycles. The van der Waals surface area contributed by atoms with E-state index in [1.165, 1.54) is 0 Å². The molecule has 3 saturated heterocycles. The number of halogens is 1. The number of ether oxygens (including phenoxy) is 1. The van der Waals surface area contributed by atoms with Crippen LogP contribution in [0, 0.1) is 6.57 Å². The lowest BCUT2D eigenvalue weighted by atomic mass is 9.91. The third-order valence-corrected chi connectivity index (χ3v) is 8.59. The van der Waals surface area contributed by atoms with E-state index < -0.39 is 29.3 Å². The summed E-state index contributed by atoms with van der Waals surface area (Å²) < 4.78 is 5.38. The highest BCUT2D eigenvalue weighted by Crippen LogP contribution is 2.56. The largest absolute Gasteiger partial charge is 0.444 e. The van der Waals surface area contributed by atoms with E-state index in [0.29, 0.717) is 24.4 Å². The Balaban J connectivity index is 1.37. The third-order valence-electron chi connectivity index (χ3n) is 8.35. The summed E-state index contributed by atoms with van der Waals surface area (Å²) in [6.07, 6.45) is 4.48. The highest BCUT2D eigenvalue weighted by molar-refractivity contribution is 6.30. The van der Waals surface area contributed by atoms with Gasteiger partial charge in [-0.15, -0.1) is 0 Å². The van der Waals surface area contributed by atoms with Crippen molar-refractivity contribution in [3.05, 3.63) is 46.3 Å². The first-order chi connectivity index (χ1) is 17.5. The summed E-state index contributed by atoms with van der Waals surface area (Å²) in [5, 5.41) is 3.37. The second-order valence-corrected chi connectivity index (χ2v) is 12.3. The van der Waals surface area contributed by atoms with E-state index in [0.717, 1.165) is 37.7 Å². The van der Waals surface area contributed by atoms with Crippen LogP contribution < -0.4 is 5.32 Å². The van der Waals surface area contributed by atoms with Crippen LogP contribution in [0.15, 0.2) is 24.3 Å². The first-order valence-corrected chi connectivity index (χ1v) is 13.7. The first kappa shape index (κ1) is 25.8. The van der Waals surface area contributed by atoms with E-state index in [9.17, 15) is 14.4 Å². The molecule has 5 atom stereocenters. The van der Waals surface area contributed by atoms with E-state index in [1.807, 2.05) is 29.2 Å². The van der Waals surface area contributed by atoms with Crippen LogP contribution in [0.1, 0.15) is 77.2 Å². The van der Waals surface area contributed by atoms with Crippen molar-refractivity contribution in [1.82, 2.24) is 15.1 Å². The number of hydrogen-bond donors (Lipinski definition) is 1. The highest BCUT2D eigenvalue weighted by atomic mass is 35.5. The predicted octanol–water partition coefficient (Wildman–Crippen LogP) is 4.52. The van der Waals surface area contributed by atoms with Gasteiger partial charge in [0, 0.05) is 17.6 Å². The molecule has 198 valence electrons. The fraction of sp³-hybridized carbons (Fsp3) is 0.643. The van der Waals surface area contributed by atoms with Crippen LogP contribution in [0.4, 0.5) is 4.79 Å². The molecule has 5 rings (SSSR count). The Morgan fingerprint density at radius 2 is 1.95 bits per heavy atom. The zero-order chi connectivity index (χ0) is 26.5. The molecule has 1 aliphatic carbocycles. The smallest absolute Gasteiger partial charge is 0.408 e. The first-order valence-electron chi connectivity index (χ1n) is 13.3. The molecule has 4 aliphatic rings. The number of alkyl carbamates (subject to hydrolysis) is 1. The molecule has 0 unspecified atom stereocenters. The number of carbonyl (C=O) groups excluding carboxylic acids is 3. The Morgan fingerprint density at radius 1 is 1.19 bits per heavy atom. The zero-order valence-electron chi connectivity index (χ0n) is 21.7. The Bertz CT molecular complexity index is 1140. The van der Waals surface area contributed by atoms with Gasteiger partial charge in [-0.2, -0.15) is 0 Å². The number of fused-ring (bicyclic) bond motifs is 1. The summed E-state index contributed by atoms with van der Waals surface area (Å²) >= 11 is 6.26. The van der Waals surface area contributed by atoms with Gasteiger partial charge in [0.15, 0.2) is 0 Å². The van der Waals surface area contributed by atoms with Crippen molar-refractivity contribution in [3.63, 3.8) is 0 Å². The minimum absolute atomic E-state index is 0.00923. The molecule has 0 aromatic heterocycles. The molecule has 0 radical (unpaired) electrons. The van der Waals surface area contributed by atoms with Gasteiger partial charge in [0.05, 0.1) is 5.92 Å². The minimum atomic E-state index is -0.711. The van der Waals surface area contributed by atoms with Crippen LogP contribution in [0.2, 0.25) is 5.02 Å². The quantitative estimate of drug-likeness (QED) is 0.587. The number of likely N-dealkylation sites (tertiary alicyclic amines) is 1. The van der Waals surface area contributed by atoms with Crippen molar-refractivity contribution in [2.45, 2.75) is 107 Å². The summed E-state index contributed by atoms with van der Waals surface area (Å²) in [4.78, 5) is 47.9. The van der Waals surface area contributed by atoms with Crippen molar-refractivity contribution in [2.24, 2.45) is 0 Å². The second-order valence-electron chi connectivity index (χ2n) is 11.9. The molecule has 0 bridgehead atoms. The number of benzene rings is 1. The number of amides is 3. The molecule has 4 fully saturated rings. The molecule has 3 amide bonds. The normalized spacial score (nSPS) is 30.5. The van der Waals surface area contributed by atoms with Gasteiger partial charge in [0.2, 0.25) is 11.8 Å². The Morgan fingerprint density at radius 3 is 2.59 bits per heavy atom. The van der Waals surface area contributed by atoms with Gasteiger partial charge in [0.25, 0.3) is 6.04 Å². The summed E-state index contributed by atoms with van der Waals surface area (Å²) in [7, 11) is 0. The van der Waals surface area contributed by atoms with Crippen molar-refractivity contribution in [1.29, 1.82) is 0 Å². The van der Waals surface area contributed by atoms with Gasteiger partial charge in [-0.05, 0) is 83.4 Å². The van der Waals surface area contributed by atoms with E-state index >= 15 is 0 Å². The topological polar surface area (TPSA) is 83.3 Å². The number of rotatable bonds is 3. The summed E-state index contributed by atoms with van der Waals surface area (Å²) in [5.41, 5.74) is -0.154. The van der Waals surface area contributed by atoms with Crippen LogP contribution in [0.3, 0.4) is 0 Å². The Labute approximate surface area is 223 Å². The van der Waals surface area contributed by atoms with Gasteiger partial charge >= 0.3 is 6.09 Å². The average Bonchev–Trinajstić information content (AvgIpc) is 3.42. The Hall–Kier alpha value is -2.79. The fourth-order valence-corrected chi connectivity index (χ4v) is 6.82. The molecule has 9 heteroatoms. The summed E-state index contributed by atoms with van der Waals surface area (Å²) in [5.74, 6) is -0.382. The van der Waals surface area contributed by atoms with Crippen LogP contribution in [0.5, 0.6) is 0 Å². The molecule has 1 spiro atoms. The van der Waals surface area contributed by atoms with Crippen molar-refractivity contribution < 1.29 is 19.1 Å². The van der Waals surface area contributed by atoms with Gasteiger partial charge < -0.3 is 24.7 Å². The highest BCUT2D eigenvalue weighted by Gasteiger charge is 2.68. The second kappa shape index (κ2) is 9.50. The molecule has 1 N–H and O–H groups in total. The maximum atomic E-state index is 14.1. The van der Waals surface area contributed by atoms with Crippen LogP contribution in [0.25, 0.3) is 4.85 Å². The fourth-order valence-electron chi connectivity index (χ4n) is 6.62. The average molecular weight is 527 g/mol. The lowest BCUT2D eigenvalue weighted by Gasteiger charge is -2.34. The Kier molecular flexibility index (Phi) is 6.64. The van der Waals surface area contributed by atoms with E-state index in [-0.39, 0.29) is 29.8 Å².